The first kappa shape index (κ1) is 6.13. The van der Waals surface area contributed by atoms with Crippen LogP contribution in [0.4, 0.5) is 0 Å². The van der Waals surface area contributed by atoms with Crippen LogP contribution in [0.3, 0.4) is 0 Å². The topological polar surface area (TPSA) is 18.5 Å². The predicted octanol–water partition coefficient (Wildman–Crippen LogP) is 1.45. The van der Waals surface area contributed by atoms with Gasteiger partial charge >= 0.3 is 0 Å². The molecule has 3 aliphatic rings. The molecule has 3 rings (SSSR count). The first-order valence-electron chi connectivity index (χ1n) is 3.55. The van der Waals surface area contributed by atoms with E-state index in [9.17, 15) is 0 Å². The van der Waals surface area contributed by atoms with Crippen molar-refractivity contribution in [1.29, 1.82) is 0 Å². The molecule has 1 aliphatic carbocycles. The van der Waals surface area contributed by atoms with Crippen LogP contribution in [0.1, 0.15) is 6.92 Å². The zero-order valence-electron chi connectivity index (χ0n) is 5.86. The second-order valence-electron chi connectivity index (χ2n) is 2.75. The highest BCUT2D eigenvalue weighted by atomic mass is 17.2. The van der Waals surface area contributed by atoms with Crippen LogP contribution in [0.15, 0.2) is 24.3 Å². The lowest BCUT2D eigenvalue weighted by atomic mass is 10.1. The Labute approximate surface area is 60.1 Å². The molecule has 0 aromatic carbocycles. The molecule has 2 nitrogen and oxygen atoms in total. The summed E-state index contributed by atoms with van der Waals surface area (Å²) in [5.74, 6) is 0.434. The summed E-state index contributed by atoms with van der Waals surface area (Å²) in [6, 6.07) is 0. The van der Waals surface area contributed by atoms with Crippen molar-refractivity contribution in [3.8, 4) is 0 Å². The molecule has 0 saturated carbocycles. The second kappa shape index (κ2) is 2.22. The van der Waals surface area contributed by atoms with Crippen LogP contribution in [-0.2, 0) is 9.78 Å². The van der Waals surface area contributed by atoms with Crippen LogP contribution in [0.25, 0.3) is 0 Å². The Balaban J connectivity index is 2.28. The van der Waals surface area contributed by atoms with Crippen LogP contribution in [0.5, 0.6) is 0 Å². The standard InChI is InChI=1S/C8H10O2/c1-6-2-3-7-4-5-8(6)10-9-7/h2-8H,1H3/t6?,7-,8-/m1/s1. The van der Waals surface area contributed by atoms with Gasteiger partial charge in [0.2, 0.25) is 0 Å². The van der Waals surface area contributed by atoms with E-state index >= 15 is 0 Å². The van der Waals surface area contributed by atoms with Crippen molar-refractivity contribution in [3.63, 3.8) is 0 Å². The van der Waals surface area contributed by atoms with Crippen molar-refractivity contribution >= 4 is 0 Å². The Kier molecular flexibility index (Phi) is 1.36. The lowest BCUT2D eigenvalue weighted by Gasteiger charge is -2.19. The van der Waals surface area contributed by atoms with Crippen molar-refractivity contribution in [3.05, 3.63) is 24.3 Å². The smallest absolute Gasteiger partial charge is 0.129 e. The van der Waals surface area contributed by atoms with Gasteiger partial charge in [-0.2, -0.15) is 0 Å². The van der Waals surface area contributed by atoms with E-state index < -0.39 is 0 Å². The number of hydrogen-bond acceptors (Lipinski definition) is 2. The Morgan fingerprint density at radius 1 is 1.00 bits per heavy atom. The molecule has 0 fully saturated rings. The normalized spacial score (nSPS) is 43.9. The van der Waals surface area contributed by atoms with E-state index in [4.69, 9.17) is 9.78 Å². The van der Waals surface area contributed by atoms with Crippen LogP contribution < -0.4 is 0 Å². The van der Waals surface area contributed by atoms with Gasteiger partial charge in [0.05, 0.1) is 0 Å². The molecule has 2 heteroatoms. The zero-order chi connectivity index (χ0) is 6.97. The van der Waals surface area contributed by atoms with E-state index in [0.29, 0.717) is 5.92 Å². The fourth-order valence-electron chi connectivity index (χ4n) is 1.16. The molecular formula is C8H10O2. The SMILES string of the molecule is CC1C=C[C@@H]2C=C[C@H]1OO2. The number of hydrogen-bond donors (Lipinski definition) is 0. The van der Waals surface area contributed by atoms with Gasteiger partial charge in [-0.1, -0.05) is 31.2 Å². The Morgan fingerprint density at radius 2 is 1.80 bits per heavy atom. The third-order valence-corrected chi connectivity index (χ3v) is 1.89. The van der Waals surface area contributed by atoms with E-state index in [1.807, 2.05) is 12.2 Å². The van der Waals surface area contributed by atoms with Crippen LogP contribution in [0.2, 0.25) is 0 Å². The molecule has 0 aromatic heterocycles. The summed E-state index contributed by atoms with van der Waals surface area (Å²) in [5.41, 5.74) is 0. The quantitative estimate of drug-likeness (QED) is 0.372. The monoisotopic (exact) mass is 138 g/mol. The van der Waals surface area contributed by atoms with E-state index in [-0.39, 0.29) is 12.2 Å². The molecule has 0 spiro atoms. The van der Waals surface area contributed by atoms with Crippen molar-refractivity contribution < 1.29 is 9.78 Å². The summed E-state index contributed by atoms with van der Waals surface area (Å²) in [4.78, 5) is 10.1. The minimum atomic E-state index is 0.0428. The molecule has 0 saturated heterocycles. The number of rotatable bonds is 0. The van der Waals surface area contributed by atoms with E-state index in [2.05, 4.69) is 19.1 Å². The second-order valence-corrected chi connectivity index (χ2v) is 2.75. The van der Waals surface area contributed by atoms with Gasteiger partial charge in [0.25, 0.3) is 0 Å². The summed E-state index contributed by atoms with van der Waals surface area (Å²) in [6.07, 6.45) is 8.39. The molecule has 0 N–H and O–H groups in total. The van der Waals surface area contributed by atoms with Crippen molar-refractivity contribution in [2.75, 3.05) is 0 Å². The van der Waals surface area contributed by atoms with Gasteiger partial charge in [0.15, 0.2) is 0 Å². The van der Waals surface area contributed by atoms with Crippen molar-refractivity contribution in [2.24, 2.45) is 5.92 Å². The van der Waals surface area contributed by atoms with Crippen LogP contribution in [0, 0.1) is 5.92 Å². The van der Waals surface area contributed by atoms with E-state index in [1.54, 1.807) is 0 Å². The van der Waals surface area contributed by atoms with Crippen molar-refractivity contribution in [2.45, 2.75) is 19.1 Å². The molecule has 2 heterocycles. The summed E-state index contributed by atoms with van der Waals surface area (Å²) < 4.78 is 0. The van der Waals surface area contributed by atoms with Gasteiger partial charge in [0.1, 0.15) is 12.2 Å². The molecule has 2 aliphatic heterocycles. The van der Waals surface area contributed by atoms with Crippen LogP contribution in [-0.4, -0.2) is 12.2 Å². The molecular weight excluding hydrogens is 128 g/mol. The Hall–Kier alpha value is -0.600. The fourth-order valence-corrected chi connectivity index (χ4v) is 1.16. The third-order valence-electron chi connectivity index (χ3n) is 1.89. The minimum absolute atomic E-state index is 0.0428. The average Bonchev–Trinajstić information content (AvgIpc) is 2.24. The lowest BCUT2D eigenvalue weighted by Crippen LogP contribution is -2.22. The van der Waals surface area contributed by atoms with E-state index in [0.717, 1.165) is 0 Å². The molecule has 1 unspecified atom stereocenters. The zero-order valence-corrected chi connectivity index (χ0v) is 5.86. The maximum absolute atomic E-state index is 5.06. The molecule has 0 radical (unpaired) electrons. The maximum Gasteiger partial charge on any atom is 0.129 e. The molecule has 2 bridgehead atoms. The van der Waals surface area contributed by atoms with Gasteiger partial charge in [0, 0.05) is 5.92 Å². The van der Waals surface area contributed by atoms with Crippen molar-refractivity contribution in [1.82, 2.24) is 0 Å². The summed E-state index contributed by atoms with van der Waals surface area (Å²) >= 11 is 0. The first-order valence-corrected chi connectivity index (χ1v) is 3.55. The van der Waals surface area contributed by atoms with Crippen LogP contribution >= 0.6 is 0 Å². The molecule has 54 valence electrons. The summed E-state index contributed by atoms with van der Waals surface area (Å²) in [6.45, 7) is 2.11. The van der Waals surface area contributed by atoms with Gasteiger partial charge in [-0.05, 0) is 0 Å². The molecule has 3 atom stereocenters. The fraction of sp³-hybridized carbons (Fsp3) is 0.500. The van der Waals surface area contributed by atoms with Gasteiger partial charge in [-0.15, -0.1) is 0 Å². The molecule has 0 aromatic rings. The lowest BCUT2D eigenvalue weighted by molar-refractivity contribution is -0.332. The predicted molar refractivity (Wildman–Crippen MR) is 37.2 cm³/mol. The summed E-state index contributed by atoms with van der Waals surface area (Å²) in [5, 5.41) is 0. The van der Waals surface area contributed by atoms with E-state index in [1.165, 1.54) is 0 Å². The highest BCUT2D eigenvalue weighted by Crippen LogP contribution is 2.22. The molecule has 0 amide bonds. The first-order chi connectivity index (χ1) is 4.86. The third kappa shape index (κ3) is 0.895. The van der Waals surface area contributed by atoms with Gasteiger partial charge in [-0.25, -0.2) is 9.78 Å². The highest BCUT2D eigenvalue weighted by Gasteiger charge is 2.23. The maximum atomic E-state index is 5.06. The van der Waals surface area contributed by atoms with Gasteiger partial charge < -0.3 is 0 Å². The highest BCUT2D eigenvalue weighted by molar-refractivity contribution is 5.13. The van der Waals surface area contributed by atoms with Gasteiger partial charge in [-0.3, -0.25) is 0 Å². The Morgan fingerprint density at radius 3 is 2.50 bits per heavy atom. The minimum Gasteiger partial charge on any atom is -0.228 e. The average molecular weight is 138 g/mol. The number of fused-ring (bicyclic) bond motifs is 2. The molecule has 10 heavy (non-hydrogen) atoms. The summed E-state index contributed by atoms with van der Waals surface area (Å²) in [7, 11) is 0. The Bertz CT molecular complexity index is 184. The largest absolute Gasteiger partial charge is 0.228 e.